The quantitative estimate of drug-likeness (QED) is 0.255. The zero-order chi connectivity index (χ0) is 17.7. The smallest absolute Gasteiger partial charge is 0.315 e. The topological polar surface area (TPSA) is 136 Å². The molecule has 1 aliphatic carbocycles. The van der Waals surface area contributed by atoms with Gasteiger partial charge in [0, 0.05) is 11.8 Å². The number of nitro groups is 1. The number of allylic oxidation sites excluding steroid dienone is 3. The minimum absolute atomic E-state index is 0.0388. The van der Waals surface area contributed by atoms with Crippen LogP contribution in [0.2, 0.25) is 0 Å². The van der Waals surface area contributed by atoms with Crippen molar-refractivity contribution in [3.63, 3.8) is 0 Å². The van der Waals surface area contributed by atoms with Gasteiger partial charge in [-0.25, -0.2) is 0 Å². The summed E-state index contributed by atoms with van der Waals surface area (Å²) in [5.74, 6) is -2.27. The lowest BCUT2D eigenvalue weighted by Crippen LogP contribution is -2.23. The molecule has 24 heavy (non-hydrogen) atoms. The molecule has 0 saturated carbocycles. The van der Waals surface area contributed by atoms with Crippen molar-refractivity contribution in [2.24, 2.45) is 0 Å². The van der Waals surface area contributed by atoms with Crippen LogP contribution in [-0.4, -0.2) is 21.0 Å². The lowest BCUT2D eigenvalue weighted by Gasteiger charge is -2.08. The molecule has 0 bridgehead atoms. The molecule has 1 amide bonds. The first-order chi connectivity index (χ1) is 11.4. The van der Waals surface area contributed by atoms with Gasteiger partial charge in [0.15, 0.2) is 5.75 Å². The SMILES string of the molecule is N#C/C(=C\c1cc(O)c(O)c([N+](=O)[O-])c1)C(=O)NC1=CCCC=C1. The monoisotopic (exact) mass is 327 g/mol. The van der Waals surface area contributed by atoms with Gasteiger partial charge in [0.2, 0.25) is 5.75 Å². The molecule has 1 aliphatic rings. The molecule has 2 rings (SSSR count). The van der Waals surface area contributed by atoms with Crippen LogP contribution < -0.4 is 5.32 Å². The van der Waals surface area contributed by atoms with E-state index in [1.807, 2.05) is 12.2 Å². The number of phenolic OH excluding ortho intramolecular Hbond substituents is 2. The summed E-state index contributed by atoms with van der Waals surface area (Å²) in [5, 5.41) is 41.5. The Morgan fingerprint density at radius 1 is 1.38 bits per heavy atom. The summed E-state index contributed by atoms with van der Waals surface area (Å²) in [6.45, 7) is 0. The first-order valence-corrected chi connectivity index (χ1v) is 6.92. The highest BCUT2D eigenvalue weighted by Gasteiger charge is 2.19. The largest absolute Gasteiger partial charge is 0.504 e. The molecule has 8 nitrogen and oxygen atoms in total. The molecular weight excluding hydrogens is 314 g/mol. The van der Waals surface area contributed by atoms with Gasteiger partial charge >= 0.3 is 5.69 Å². The van der Waals surface area contributed by atoms with E-state index in [0.717, 1.165) is 31.1 Å². The number of rotatable bonds is 4. The number of benzene rings is 1. The Kier molecular flexibility index (Phi) is 4.96. The van der Waals surface area contributed by atoms with E-state index in [4.69, 9.17) is 5.26 Å². The number of hydrogen-bond acceptors (Lipinski definition) is 6. The van der Waals surface area contributed by atoms with Crippen molar-refractivity contribution in [3.8, 4) is 17.6 Å². The third-order valence-electron chi connectivity index (χ3n) is 3.22. The van der Waals surface area contributed by atoms with Gasteiger partial charge < -0.3 is 15.5 Å². The number of carbonyl (C=O) groups excluding carboxylic acids is 1. The van der Waals surface area contributed by atoms with E-state index in [9.17, 15) is 25.1 Å². The maximum absolute atomic E-state index is 12.1. The summed E-state index contributed by atoms with van der Waals surface area (Å²) in [4.78, 5) is 22.0. The van der Waals surface area contributed by atoms with Crippen LogP contribution in [0.25, 0.3) is 6.08 Å². The summed E-state index contributed by atoms with van der Waals surface area (Å²) in [6, 6.07) is 3.68. The van der Waals surface area contributed by atoms with E-state index in [0.29, 0.717) is 5.70 Å². The Bertz CT molecular complexity index is 831. The molecule has 1 aromatic rings. The Hall–Kier alpha value is -3.60. The molecule has 0 heterocycles. The Balaban J connectivity index is 2.32. The third kappa shape index (κ3) is 3.78. The lowest BCUT2D eigenvalue weighted by molar-refractivity contribution is -0.386. The van der Waals surface area contributed by atoms with Gasteiger partial charge in [-0.15, -0.1) is 0 Å². The van der Waals surface area contributed by atoms with Gasteiger partial charge in [-0.3, -0.25) is 14.9 Å². The standard InChI is InChI=1S/C16H13N3O5/c17-9-11(16(22)18-12-4-2-1-3-5-12)6-10-7-13(19(23)24)15(21)14(20)8-10/h2,4-8,20-21H,1,3H2,(H,18,22)/b11-6+. The molecule has 0 aromatic heterocycles. The molecule has 1 aromatic carbocycles. The van der Waals surface area contributed by atoms with E-state index in [1.54, 1.807) is 12.1 Å². The van der Waals surface area contributed by atoms with Crippen LogP contribution in [0.4, 0.5) is 5.69 Å². The minimum atomic E-state index is -0.879. The van der Waals surface area contributed by atoms with E-state index < -0.39 is 28.0 Å². The van der Waals surface area contributed by atoms with Crippen molar-refractivity contribution in [2.45, 2.75) is 12.8 Å². The highest BCUT2D eigenvalue weighted by Crippen LogP contribution is 2.36. The van der Waals surface area contributed by atoms with Crippen LogP contribution >= 0.6 is 0 Å². The van der Waals surface area contributed by atoms with Crippen molar-refractivity contribution in [2.75, 3.05) is 0 Å². The molecule has 0 unspecified atom stereocenters. The molecular formula is C16H13N3O5. The van der Waals surface area contributed by atoms with E-state index in [2.05, 4.69) is 5.32 Å². The van der Waals surface area contributed by atoms with Crippen molar-refractivity contribution >= 4 is 17.7 Å². The molecule has 3 N–H and O–H groups in total. The summed E-state index contributed by atoms with van der Waals surface area (Å²) in [5.41, 5.74) is -0.421. The highest BCUT2D eigenvalue weighted by molar-refractivity contribution is 6.02. The third-order valence-corrected chi connectivity index (χ3v) is 3.22. The average Bonchev–Trinajstić information content (AvgIpc) is 2.56. The second-order valence-electron chi connectivity index (χ2n) is 4.93. The van der Waals surface area contributed by atoms with Crippen LogP contribution in [0, 0.1) is 21.4 Å². The Morgan fingerprint density at radius 3 is 2.71 bits per heavy atom. The second-order valence-corrected chi connectivity index (χ2v) is 4.93. The highest BCUT2D eigenvalue weighted by atomic mass is 16.6. The van der Waals surface area contributed by atoms with E-state index in [1.165, 1.54) is 0 Å². The number of nitrogens with one attached hydrogen (secondary N) is 1. The predicted octanol–water partition coefficient (Wildman–Crippen LogP) is 2.26. The lowest BCUT2D eigenvalue weighted by atomic mass is 10.1. The van der Waals surface area contributed by atoms with E-state index in [-0.39, 0.29) is 11.1 Å². The molecule has 122 valence electrons. The summed E-state index contributed by atoms with van der Waals surface area (Å²) in [7, 11) is 0. The van der Waals surface area contributed by atoms with Crippen LogP contribution in [0.5, 0.6) is 11.5 Å². The number of phenols is 2. The van der Waals surface area contributed by atoms with Crippen LogP contribution in [-0.2, 0) is 4.79 Å². The minimum Gasteiger partial charge on any atom is -0.504 e. The summed E-state index contributed by atoms with van der Waals surface area (Å²) < 4.78 is 0. The molecule has 0 aliphatic heterocycles. The number of aromatic hydroxyl groups is 2. The van der Waals surface area contributed by atoms with Gasteiger partial charge in [0.25, 0.3) is 5.91 Å². The number of nitro benzene ring substituents is 1. The first-order valence-electron chi connectivity index (χ1n) is 6.92. The number of nitrogens with zero attached hydrogens (tertiary/aromatic N) is 2. The maximum atomic E-state index is 12.1. The van der Waals surface area contributed by atoms with Crippen molar-refractivity contribution in [3.05, 3.63) is 57.3 Å². The van der Waals surface area contributed by atoms with Crippen molar-refractivity contribution < 1.29 is 19.9 Å². The zero-order valence-electron chi connectivity index (χ0n) is 12.4. The fourth-order valence-corrected chi connectivity index (χ4v) is 2.07. The van der Waals surface area contributed by atoms with Crippen LogP contribution in [0.3, 0.4) is 0 Å². The molecule has 8 heteroatoms. The zero-order valence-corrected chi connectivity index (χ0v) is 12.4. The fraction of sp³-hybridized carbons (Fsp3) is 0.125. The average molecular weight is 327 g/mol. The first kappa shape index (κ1) is 16.8. The van der Waals surface area contributed by atoms with Gasteiger partial charge in [0.05, 0.1) is 4.92 Å². The van der Waals surface area contributed by atoms with Gasteiger partial charge in [-0.1, -0.05) is 12.2 Å². The second kappa shape index (κ2) is 7.11. The number of carbonyl (C=O) groups is 1. The van der Waals surface area contributed by atoms with Crippen LogP contribution in [0.15, 0.2) is 41.6 Å². The van der Waals surface area contributed by atoms with Gasteiger partial charge in [-0.05, 0) is 36.6 Å². The normalized spacial score (nSPS) is 13.8. The predicted molar refractivity (Wildman–Crippen MR) is 84.6 cm³/mol. The molecule has 0 fully saturated rings. The van der Waals surface area contributed by atoms with Gasteiger partial charge in [-0.2, -0.15) is 5.26 Å². The summed E-state index contributed by atoms with van der Waals surface area (Å²) in [6.07, 6.45) is 8.14. The Labute approximate surface area is 136 Å². The number of hydrogen-bond donors (Lipinski definition) is 3. The van der Waals surface area contributed by atoms with Gasteiger partial charge in [0.1, 0.15) is 11.6 Å². The number of nitriles is 1. The van der Waals surface area contributed by atoms with Crippen LogP contribution in [0.1, 0.15) is 18.4 Å². The summed E-state index contributed by atoms with van der Waals surface area (Å²) >= 11 is 0. The molecule has 0 atom stereocenters. The number of amides is 1. The Morgan fingerprint density at radius 2 is 2.12 bits per heavy atom. The molecule has 0 saturated heterocycles. The fourth-order valence-electron chi connectivity index (χ4n) is 2.07. The molecule has 0 spiro atoms. The molecule has 0 radical (unpaired) electrons. The van der Waals surface area contributed by atoms with Crippen molar-refractivity contribution in [1.29, 1.82) is 5.26 Å². The van der Waals surface area contributed by atoms with Crippen molar-refractivity contribution in [1.82, 2.24) is 5.32 Å². The maximum Gasteiger partial charge on any atom is 0.315 e. The van der Waals surface area contributed by atoms with E-state index >= 15 is 0 Å².